The molecule has 0 unspecified atom stereocenters. The zero-order chi connectivity index (χ0) is 21.2. The molecule has 1 N–H and O–H groups in total. The predicted molar refractivity (Wildman–Crippen MR) is 105 cm³/mol. The second-order valence-corrected chi connectivity index (χ2v) is 7.48. The molecule has 1 aliphatic carbocycles. The summed E-state index contributed by atoms with van der Waals surface area (Å²) in [4.78, 5) is 28.4. The van der Waals surface area contributed by atoms with Gasteiger partial charge >= 0.3 is 6.18 Å². The van der Waals surface area contributed by atoms with E-state index in [4.69, 9.17) is 0 Å². The van der Waals surface area contributed by atoms with E-state index < -0.39 is 29.9 Å². The predicted octanol–water partition coefficient (Wildman–Crippen LogP) is 4.04. The summed E-state index contributed by atoms with van der Waals surface area (Å²) in [5.41, 5.74) is 0.294. The van der Waals surface area contributed by atoms with Gasteiger partial charge in [-0.1, -0.05) is 11.6 Å². The highest BCUT2D eigenvalue weighted by atomic mass is 19.4. The van der Waals surface area contributed by atoms with Gasteiger partial charge in [0, 0.05) is 6.54 Å². The first-order valence-corrected chi connectivity index (χ1v) is 9.70. The summed E-state index contributed by atoms with van der Waals surface area (Å²) in [7, 11) is 0. The van der Waals surface area contributed by atoms with Crippen molar-refractivity contribution in [2.75, 3.05) is 6.54 Å². The van der Waals surface area contributed by atoms with Crippen LogP contribution in [-0.4, -0.2) is 22.0 Å². The minimum atomic E-state index is -4.89. The van der Waals surface area contributed by atoms with Crippen molar-refractivity contribution in [1.29, 1.82) is 0 Å². The van der Waals surface area contributed by atoms with Crippen molar-refractivity contribution in [2.45, 2.75) is 58.7 Å². The van der Waals surface area contributed by atoms with Crippen molar-refractivity contribution in [3.8, 4) is 0 Å². The second kappa shape index (κ2) is 8.39. The summed E-state index contributed by atoms with van der Waals surface area (Å²) in [6, 6.07) is 3.10. The van der Waals surface area contributed by atoms with Gasteiger partial charge in [0.25, 0.3) is 5.56 Å². The molecule has 3 rings (SSSR count). The van der Waals surface area contributed by atoms with Gasteiger partial charge in [0.05, 0.1) is 11.0 Å². The molecule has 1 aromatic carbocycles. The third-order valence-corrected chi connectivity index (χ3v) is 5.29. The zero-order valence-corrected chi connectivity index (χ0v) is 16.5. The van der Waals surface area contributed by atoms with Gasteiger partial charge in [-0.15, -0.1) is 0 Å². The Morgan fingerprint density at radius 1 is 1.21 bits per heavy atom. The van der Waals surface area contributed by atoms with Crippen molar-refractivity contribution in [3.05, 3.63) is 51.0 Å². The van der Waals surface area contributed by atoms with Crippen LogP contribution in [0.1, 0.15) is 48.9 Å². The molecular formula is C21H24F3N3O2. The zero-order valence-electron chi connectivity index (χ0n) is 16.5. The average Bonchev–Trinajstić information content (AvgIpc) is 2.65. The molecule has 0 aliphatic heterocycles. The lowest BCUT2D eigenvalue weighted by molar-refractivity contribution is -0.142. The summed E-state index contributed by atoms with van der Waals surface area (Å²) in [6.45, 7) is 3.46. The topological polar surface area (TPSA) is 64.0 Å². The lowest BCUT2D eigenvalue weighted by atomic mass is 9.97. The number of halogens is 3. The standard InChI is InChI=1S/C21H24F3N3O2/c1-13-10-16-17(11-14(13)2)27(20(29)19(26-16)21(22,23)24)12-18(28)25-9-8-15-6-4-3-5-7-15/h6,10-11H,3-5,7-9,12H2,1-2H3,(H,25,28). The monoisotopic (exact) mass is 407 g/mol. The molecule has 2 aromatic rings. The maximum Gasteiger partial charge on any atom is 0.438 e. The Morgan fingerprint density at radius 2 is 1.93 bits per heavy atom. The SMILES string of the molecule is Cc1cc2nc(C(F)(F)F)c(=O)n(CC(=O)NCCC3=CCCCC3)c2cc1C. The molecule has 5 nitrogen and oxygen atoms in total. The van der Waals surface area contributed by atoms with Gasteiger partial charge in [-0.2, -0.15) is 13.2 Å². The van der Waals surface area contributed by atoms with Crippen molar-refractivity contribution in [3.63, 3.8) is 0 Å². The molecule has 1 aliphatic rings. The molecule has 0 saturated heterocycles. The highest BCUT2D eigenvalue weighted by Crippen LogP contribution is 2.27. The normalized spacial score (nSPS) is 14.7. The van der Waals surface area contributed by atoms with Gasteiger partial charge in [0.1, 0.15) is 6.54 Å². The minimum Gasteiger partial charge on any atom is -0.354 e. The highest BCUT2D eigenvalue weighted by molar-refractivity contribution is 5.81. The Balaban J connectivity index is 1.87. The smallest absolute Gasteiger partial charge is 0.354 e. The number of nitrogens with zero attached hydrogens (tertiary/aromatic N) is 2. The van der Waals surface area contributed by atoms with Crippen molar-refractivity contribution in [2.24, 2.45) is 0 Å². The maximum atomic E-state index is 13.3. The first-order valence-electron chi connectivity index (χ1n) is 9.70. The van der Waals surface area contributed by atoms with Crippen LogP contribution in [-0.2, 0) is 17.5 Å². The fourth-order valence-electron chi connectivity index (χ4n) is 3.53. The summed E-state index contributed by atoms with van der Waals surface area (Å²) < 4.78 is 40.8. The number of fused-ring (bicyclic) bond motifs is 1. The van der Waals surface area contributed by atoms with Crippen LogP contribution in [0.4, 0.5) is 13.2 Å². The molecule has 156 valence electrons. The molecular weight excluding hydrogens is 383 g/mol. The second-order valence-electron chi connectivity index (χ2n) is 7.48. The third kappa shape index (κ3) is 4.86. The van der Waals surface area contributed by atoms with Gasteiger partial charge in [-0.25, -0.2) is 4.98 Å². The molecule has 1 heterocycles. The molecule has 8 heteroatoms. The number of carbonyl (C=O) groups excluding carboxylic acids is 1. The van der Waals surface area contributed by atoms with E-state index in [0.29, 0.717) is 13.0 Å². The number of aryl methyl sites for hydroxylation is 2. The first kappa shape index (κ1) is 21.1. The Hall–Kier alpha value is -2.64. The third-order valence-electron chi connectivity index (χ3n) is 5.29. The van der Waals surface area contributed by atoms with Crippen LogP contribution in [0.15, 0.2) is 28.6 Å². The summed E-state index contributed by atoms with van der Waals surface area (Å²) >= 11 is 0. The van der Waals surface area contributed by atoms with Crippen LogP contribution < -0.4 is 10.9 Å². The lowest BCUT2D eigenvalue weighted by Gasteiger charge is -2.16. The number of benzene rings is 1. The number of allylic oxidation sites excluding steroid dienone is 1. The van der Waals surface area contributed by atoms with Crippen LogP contribution in [0.25, 0.3) is 11.0 Å². The molecule has 1 aromatic heterocycles. The van der Waals surface area contributed by atoms with Gasteiger partial charge in [0.2, 0.25) is 11.6 Å². The first-order chi connectivity index (χ1) is 13.7. The molecule has 0 radical (unpaired) electrons. The number of carbonyl (C=O) groups is 1. The van der Waals surface area contributed by atoms with Crippen LogP contribution >= 0.6 is 0 Å². The van der Waals surface area contributed by atoms with E-state index in [1.807, 2.05) is 0 Å². The van der Waals surface area contributed by atoms with Crippen molar-refractivity contribution < 1.29 is 18.0 Å². The van der Waals surface area contributed by atoms with Crippen LogP contribution in [0.5, 0.6) is 0 Å². The van der Waals surface area contributed by atoms with E-state index in [1.165, 1.54) is 18.1 Å². The van der Waals surface area contributed by atoms with Gasteiger partial charge in [0.15, 0.2) is 0 Å². The van der Waals surface area contributed by atoms with E-state index in [1.54, 1.807) is 19.9 Å². The maximum absolute atomic E-state index is 13.3. The number of aromatic nitrogens is 2. The fraction of sp³-hybridized carbons (Fsp3) is 0.476. The van der Waals surface area contributed by atoms with Crippen LogP contribution in [0.3, 0.4) is 0 Å². The molecule has 0 saturated carbocycles. The molecule has 1 amide bonds. The average molecular weight is 407 g/mol. The highest BCUT2D eigenvalue weighted by Gasteiger charge is 2.37. The number of hydrogen-bond acceptors (Lipinski definition) is 3. The van der Waals surface area contributed by atoms with E-state index in [2.05, 4.69) is 16.4 Å². The number of nitrogens with one attached hydrogen (secondary N) is 1. The van der Waals surface area contributed by atoms with Gasteiger partial charge in [-0.05, 0) is 69.2 Å². The molecule has 0 bridgehead atoms. The molecule has 29 heavy (non-hydrogen) atoms. The van der Waals surface area contributed by atoms with E-state index >= 15 is 0 Å². The van der Waals surface area contributed by atoms with Crippen molar-refractivity contribution >= 4 is 16.9 Å². The number of rotatable bonds is 5. The lowest BCUT2D eigenvalue weighted by Crippen LogP contribution is -2.36. The van der Waals surface area contributed by atoms with Crippen molar-refractivity contribution in [1.82, 2.24) is 14.9 Å². The molecule has 0 spiro atoms. The van der Waals surface area contributed by atoms with E-state index in [-0.39, 0.29) is 11.0 Å². The number of amides is 1. The van der Waals surface area contributed by atoms with E-state index in [9.17, 15) is 22.8 Å². The fourth-order valence-corrected chi connectivity index (χ4v) is 3.53. The van der Waals surface area contributed by atoms with Crippen LogP contribution in [0, 0.1) is 13.8 Å². The summed E-state index contributed by atoms with van der Waals surface area (Å²) in [5, 5.41) is 2.71. The number of alkyl halides is 3. The summed E-state index contributed by atoms with van der Waals surface area (Å²) in [6.07, 6.45) is 2.36. The summed E-state index contributed by atoms with van der Waals surface area (Å²) in [5.74, 6) is -0.498. The van der Waals surface area contributed by atoms with Crippen LogP contribution in [0.2, 0.25) is 0 Å². The quantitative estimate of drug-likeness (QED) is 0.761. The molecule has 0 atom stereocenters. The number of hydrogen-bond donors (Lipinski definition) is 1. The van der Waals surface area contributed by atoms with Gasteiger partial charge < -0.3 is 5.32 Å². The molecule has 0 fully saturated rings. The van der Waals surface area contributed by atoms with E-state index in [0.717, 1.165) is 35.0 Å². The Kier molecular flexibility index (Phi) is 6.10. The minimum absolute atomic E-state index is 0.0418. The Bertz CT molecular complexity index is 1020. The Morgan fingerprint density at radius 3 is 2.59 bits per heavy atom. The Labute approximate surface area is 166 Å². The largest absolute Gasteiger partial charge is 0.438 e. The van der Waals surface area contributed by atoms with Gasteiger partial charge in [-0.3, -0.25) is 14.2 Å².